The summed E-state index contributed by atoms with van der Waals surface area (Å²) in [6.07, 6.45) is 0.454. The lowest BCUT2D eigenvalue weighted by atomic mass is 10.0. The van der Waals surface area contributed by atoms with Crippen molar-refractivity contribution in [3.8, 4) is 5.75 Å². The number of carbonyl (C=O) groups is 9. The highest BCUT2D eigenvalue weighted by molar-refractivity contribution is 5.99. The molecule has 25 heteroatoms. The molecule has 1 aromatic heterocycles. The number of amides is 7. The molecule has 3 aromatic rings. The van der Waals surface area contributed by atoms with Crippen molar-refractivity contribution in [2.75, 3.05) is 26.4 Å². The summed E-state index contributed by atoms with van der Waals surface area (Å²) < 4.78 is 0. The molecule has 0 fully saturated rings. The molecule has 0 spiro atoms. The summed E-state index contributed by atoms with van der Waals surface area (Å²) in [6.45, 7) is 0.950. The molecular weight excluding hydrogens is 921 g/mol. The molecule has 0 radical (unpaired) electrons. The van der Waals surface area contributed by atoms with Gasteiger partial charge in [-0.3, -0.25) is 38.4 Å². The van der Waals surface area contributed by atoms with Gasteiger partial charge < -0.3 is 84.3 Å². The highest BCUT2D eigenvalue weighted by atomic mass is 16.4. The van der Waals surface area contributed by atoms with Crippen LogP contribution in [0, 0.1) is 5.92 Å². The van der Waals surface area contributed by atoms with Crippen molar-refractivity contribution in [1.82, 2.24) is 42.2 Å². The van der Waals surface area contributed by atoms with E-state index in [9.17, 15) is 73.8 Å². The summed E-state index contributed by atoms with van der Waals surface area (Å²) in [5, 5.41) is 75.3. The molecule has 0 aliphatic carbocycles. The van der Waals surface area contributed by atoms with E-state index in [1.165, 1.54) is 24.3 Å². The van der Waals surface area contributed by atoms with Gasteiger partial charge in [-0.1, -0.05) is 44.2 Å². The zero-order chi connectivity index (χ0) is 52.1. The maximum atomic E-state index is 14.3. The van der Waals surface area contributed by atoms with Crippen LogP contribution in [0.1, 0.15) is 57.1 Å². The third kappa shape index (κ3) is 18.0. The Bertz CT molecular complexity index is 2270. The van der Waals surface area contributed by atoms with Gasteiger partial charge in [-0.2, -0.15) is 0 Å². The number of unbranched alkanes of at least 4 members (excludes halogenated alkanes) is 1. The zero-order valence-corrected chi connectivity index (χ0v) is 38.7. The summed E-state index contributed by atoms with van der Waals surface area (Å²) in [7, 11) is 0. The second-order valence-electron chi connectivity index (χ2n) is 16.9. The predicted molar refractivity (Wildman–Crippen MR) is 249 cm³/mol. The second kappa shape index (κ2) is 28.3. The van der Waals surface area contributed by atoms with E-state index in [2.05, 4.69) is 42.2 Å². The molecule has 384 valence electrons. The lowest BCUT2D eigenvalue weighted by molar-refractivity contribution is -0.143. The quantitative estimate of drug-likeness (QED) is 0.0284. The summed E-state index contributed by atoms with van der Waals surface area (Å²) in [4.78, 5) is 122. The zero-order valence-electron chi connectivity index (χ0n) is 38.7. The monoisotopic (exact) mass is 984 g/mol. The van der Waals surface area contributed by atoms with Gasteiger partial charge in [0.2, 0.25) is 41.4 Å². The van der Waals surface area contributed by atoms with E-state index in [1.807, 2.05) is 0 Å². The number of nitrogens with two attached hydrogens (primary N) is 2. The van der Waals surface area contributed by atoms with E-state index in [-0.39, 0.29) is 50.3 Å². The normalized spacial score (nSPS) is 14.6. The molecule has 8 atom stereocenters. The lowest BCUT2D eigenvalue weighted by Crippen LogP contribution is -2.61. The number of aliphatic hydroxyl groups is 3. The number of aromatic nitrogens is 1. The molecule has 0 saturated carbocycles. The number of aliphatic carboxylic acids is 2. The van der Waals surface area contributed by atoms with Crippen LogP contribution in [-0.4, -0.2) is 164 Å². The number of nitrogens with one attached hydrogen (secondary N) is 8. The third-order valence-corrected chi connectivity index (χ3v) is 10.8. The number of aromatic amines is 1. The van der Waals surface area contributed by atoms with Crippen LogP contribution in [0.5, 0.6) is 5.75 Å². The predicted octanol–water partition coefficient (Wildman–Crippen LogP) is -3.91. The largest absolute Gasteiger partial charge is 0.508 e. The molecule has 18 N–H and O–H groups in total. The van der Waals surface area contributed by atoms with Crippen LogP contribution in [0.3, 0.4) is 0 Å². The average molecular weight is 985 g/mol. The number of hydrogen-bond acceptors (Lipinski definition) is 15. The lowest BCUT2D eigenvalue weighted by Gasteiger charge is -2.28. The Labute approximate surface area is 401 Å². The second-order valence-corrected chi connectivity index (χ2v) is 16.9. The topological polar surface area (TPSA) is 427 Å². The van der Waals surface area contributed by atoms with Gasteiger partial charge in [-0.25, -0.2) is 4.79 Å². The fourth-order valence-electron chi connectivity index (χ4n) is 7.03. The molecule has 1 heterocycles. The fourth-order valence-corrected chi connectivity index (χ4v) is 7.03. The maximum Gasteiger partial charge on any atom is 0.328 e. The van der Waals surface area contributed by atoms with Crippen LogP contribution < -0.4 is 48.7 Å². The van der Waals surface area contributed by atoms with E-state index in [1.54, 1.807) is 44.3 Å². The number of carboxylic acids is 2. The SMILES string of the molecule is CC(C)C[C@H](NC(=O)[C@H](CO)NC(=O)[C@@H](N)CO)C(=O)N[C@@H](CCCCN)C(=O)N[C@@H](CC(=O)O)C(=O)N[C@@H](Cc1ccc(O)cc1)C(=O)N[C@@H](Cc1c[nH]c2ccccc12)C(=O)N[C@@H](CO)C(=O)O. The van der Waals surface area contributed by atoms with Crippen molar-refractivity contribution >= 4 is 64.2 Å². The van der Waals surface area contributed by atoms with Crippen LogP contribution in [0.15, 0.2) is 54.7 Å². The first-order valence-electron chi connectivity index (χ1n) is 22.4. The van der Waals surface area contributed by atoms with Gasteiger partial charge in [-0.05, 0) is 67.5 Å². The Balaban J connectivity index is 1.95. The number of carboxylic acid groups (broad SMARTS) is 2. The minimum Gasteiger partial charge on any atom is -0.508 e. The van der Waals surface area contributed by atoms with Crippen LogP contribution in [-0.2, 0) is 56.0 Å². The van der Waals surface area contributed by atoms with E-state index in [0.29, 0.717) is 28.5 Å². The Morgan fingerprint density at radius 1 is 0.586 bits per heavy atom. The summed E-state index contributed by atoms with van der Waals surface area (Å²) in [6, 6.07) is -0.284. The first-order valence-corrected chi connectivity index (χ1v) is 22.4. The number of para-hydroxylation sites is 1. The molecule has 3 rings (SSSR count). The third-order valence-electron chi connectivity index (χ3n) is 10.8. The van der Waals surface area contributed by atoms with E-state index in [4.69, 9.17) is 11.5 Å². The van der Waals surface area contributed by atoms with Gasteiger partial charge in [0.05, 0.1) is 26.2 Å². The number of aliphatic hydroxyl groups excluding tert-OH is 3. The smallest absolute Gasteiger partial charge is 0.328 e. The van der Waals surface area contributed by atoms with Crippen molar-refractivity contribution in [1.29, 1.82) is 0 Å². The van der Waals surface area contributed by atoms with Crippen LogP contribution >= 0.6 is 0 Å². The molecule has 0 aliphatic rings. The van der Waals surface area contributed by atoms with Crippen molar-refractivity contribution in [3.05, 3.63) is 65.9 Å². The fraction of sp³-hybridized carbons (Fsp3) is 0.489. The standard InChI is InChI=1S/C45H64N10O15/c1-23(2)15-31(50-44(68)35(21-57)54-38(62)28(47)20-56)40(64)49-30(9-5-6-14-46)39(63)53-34(18-37(60)61)43(67)51-32(16-24-10-12-26(59)13-11-24)41(65)52-33(42(66)55-36(22-58)45(69)70)17-25-19-48-29-8-4-3-7-27(25)29/h3-4,7-8,10-13,19,23,28,30-36,48,56-59H,5-6,9,14-18,20-22,46-47H2,1-2H3,(H,49,64)(H,50,68)(H,51,67)(H,52,65)(H,53,63)(H,54,62)(H,55,66)(H,60,61)(H,69,70)/t28-,30-,31-,32-,33-,34-,35-,36-/m0/s1. The molecule has 0 aliphatic heterocycles. The molecule has 70 heavy (non-hydrogen) atoms. The Morgan fingerprint density at radius 3 is 1.66 bits per heavy atom. The first kappa shape index (κ1) is 57.1. The van der Waals surface area contributed by atoms with Crippen LogP contribution in [0.25, 0.3) is 10.9 Å². The number of benzene rings is 2. The number of rotatable bonds is 30. The molecule has 0 bridgehead atoms. The molecule has 25 nitrogen and oxygen atoms in total. The van der Waals surface area contributed by atoms with Crippen molar-refractivity contribution in [2.45, 2.75) is 107 Å². The number of phenols is 1. The minimum atomic E-state index is -1.91. The number of H-pyrrole nitrogens is 1. The molecule has 0 unspecified atom stereocenters. The molecule has 0 saturated heterocycles. The first-order chi connectivity index (χ1) is 33.2. The van der Waals surface area contributed by atoms with Gasteiger partial charge in [0.1, 0.15) is 54.1 Å². The summed E-state index contributed by atoms with van der Waals surface area (Å²) in [5.74, 6) is -10.7. The van der Waals surface area contributed by atoms with Crippen LogP contribution in [0.2, 0.25) is 0 Å². The average Bonchev–Trinajstić information content (AvgIpc) is 3.73. The van der Waals surface area contributed by atoms with Crippen molar-refractivity contribution in [3.63, 3.8) is 0 Å². The Kier molecular flexibility index (Phi) is 23.1. The van der Waals surface area contributed by atoms with Gasteiger partial charge in [0, 0.05) is 29.9 Å². The summed E-state index contributed by atoms with van der Waals surface area (Å²) >= 11 is 0. The highest BCUT2D eigenvalue weighted by Crippen LogP contribution is 2.20. The van der Waals surface area contributed by atoms with Gasteiger partial charge in [0.25, 0.3) is 0 Å². The van der Waals surface area contributed by atoms with Gasteiger partial charge >= 0.3 is 11.9 Å². The Morgan fingerprint density at radius 2 is 1.09 bits per heavy atom. The maximum absolute atomic E-state index is 14.3. The number of aromatic hydroxyl groups is 1. The van der Waals surface area contributed by atoms with Crippen molar-refractivity contribution in [2.24, 2.45) is 17.4 Å². The molecular formula is C45H64N10O15. The number of carbonyl (C=O) groups excluding carboxylic acids is 7. The van der Waals surface area contributed by atoms with Gasteiger partial charge in [-0.15, -0.1) is 0 Å². The van der Waals surface area contributed by atoms with E-state index in [0.717, 1.165) is 0 Å². The molecule has 2 aromatic carbocycles. The number of phenolic OH excluding ortho intramolecular Hbond substituents is 1. The van der Waals surface area contributed by atoms with Crippen LogP contribution in [0.4, 0.5) is 0 Å². The van der Waals surface area contributed by atoms with E-state index < -0.39 is 128 Å². The Hall–Kier alpha value is -7.19. The minimum absolute atomic E-state index is 0.0165. The van der Waals surface area contributed by atoms with Gasteiger partial charge in [0.15, 0.2) is 0 Å². The van der Waals surface area contributed by atoms with E-state index >= 15 is 0 Å². The number of fused-ring (bicyclic) bond motifs is 1. The van der Waals surface area contributed by atoms with Crippen molar-refractivity contribution < 1.29 is 73.8 Å². The number of hydrogen-bond donors (Lipinski definition) is 16. The highest BCUT2D eigenvalue weighted by Gasteiger charge is 2.35. The molecule has 7 amide bonds. The summed E-state index contributed by atoms with van der Waals surface area (Å²) in [5.41, 5.74) is 12.7.